The Morgan fingerprint density at radius 1 is 1.35 bits per heavy atom. The van der Waals surface area contributed by atoms with Gasteiger partial charge in [0.1, 0.15) is 0 Å². The first-order valence-electron chi connectivity index (χ1n) is 7.53. The Balaban J connectivity index is 1.84. The molecule has 0 aliphatic carbocycles. The van der Waals surface area contributed by atoms with Gasteiger partial charge in [0, 0.05) is 28.9 Å². The van der Waals surface area contributed by atoms with Gasteiger partial charge in [0.05, 0.1) is 18.3 Å². The molecule has 0 fully saturated rings. The molecule has 2 aromatic heterocycles. The molecule has 5 nitrogen and oxygen atoms in total. The number of thiazole rings is 1. The minimum Gasteiger partial charge on any atom is -0.388 e. The Morgan fingerprint density at radius 2 is 2.13 bits per heavy atom. The first kappa shape index (κ1) is 15.7. The largest absolute Gasteiger partial charge is 0.388 e. The van der Waals surface area contributed by atoms with Crippen LogP contribution in [0.25, 0.3) is 4.96 Å². The summed E-state index contributed by atoms with van der Waals surface area (Å²) in [4.78, 5) is 17.2. The lowest BCUT2D eigenvalue weighted by molar-refractivity contribution is 0.127. The molecule has 3 rings (SSSR count). The number of para-hydroxylation sites is 1. The zero-order chi connectivity index (χ0) is 16.4. The minimum absolute atomic E-state index is 0.0800. The van der Waals surface area contributed by atoms with Gasteiger partial charge >= 0.3 is 0 Å². The number of anilines is 1. The second-order valence-corrected chi connectivity index (χ2v) is 6.64. The van der Waals surface area contributed by atoms with E-state index in [1.54, 1.807) is 6.20 Å². The van der Waals surface area contributed by atoms with Crippen molar-refractivity contribution in [3.05, 3.63) is 63.5 Å². The molecule has 0 amide bonds. The van der Waals surface area contributed by atoms with Crippen molar-refractivity contribution < 1.29 is 5.11 Å². The molecule has 0 saturated carbocycles. The summed E-state index contributed by atoms with van der Waals surface area (Å²) < 4.78 is 1.53. The third-order valence-corrected chi connectivity index (χ3v) is 4.48. The average Bonchev–Trinajstić information content (AvgIpc) is 3.01. The number of aromatic nitrogens is 2. The molecule has 3 aromatic rings. The number of nitrogens with one attached hydrogen (secondary N) is 1. The van der Waals surface area contributed by atoms with Crippen molar-refractivity contribution in [1.82, 2.24) is 9.38 Å². The van der Waals surface area contributed by atoms with Crippen LogP contribution in [0.2, 0.25) is 0 Å². The summed E-state index contributed by atoms with van der Waals surface area (Å²) in [6.07, 6.45) is 1.19. The van der Waals surface area contributed by atoms with Gasteiger partial charge in [-0.2, -0.15) is 0 Å². The predicted molar refractivity (Wildman–Crippen MR) is 92.9 cm³/mol. The third-order valence-electron chi connectivity index (χ3n) is 3.73. The highest BCUT2D eigenvalue weighted by Gasteiger charge is 2.15. The van der Waals surface area contributed by atoms with Crippen molar-refractivity contribution in [1.29, 1.82) is 0 Å². The van der Waals surface area contributed by atoms with Crippen LogP contribution < -0.4 is 10.9 Å². The molecule has 0 radical (unpaired) electrons. The molecule has 1 aromatic carbocycles. The molecule has 0 saturated heterocycles. The van der Waals surface area contributed by atoms with Gasteiger partial charge in [0.25, 0.3) is 5.56 Å². The average molecular weight is 329 g/mol. The van der Waals surface area contributed by atoms with Crippen LogP contribution in [0.15, 0.2) is 46.7 Å². The Bertz CT molecular complexity index is 869. The van der Waals surface area contributed by atoms with Crippen LogP contribution in [0.5, 0.6) is 0 Å². The maximum atomic E-state index is 12.0. The maximum absolute atomic E-state index is 12.0. The molecule has 2 heterocycles. The standard InChI is InChI=1S/C17H19N3O2S/c1-11(2)16(22)13-5-3-4-6-14(13)18-10-12-9-15(21)20-7-8-23-17(20)19-12/h3-9,11,16,18,22H,10H2,1-2H3/t16-/m0/s1. The molecule has 0 unspecified atom stereocenters. The highest BCUT2D eigenvalue weighted by atomic mass is 32.1. The van der Waals surface area contributed by atoms with Crippen LogP contribution in [-0.4, -0.2) is 14.5 Å². The van der Waals surface area contributed by atoms with Crippen molar-refractivity contribution in [2.45, 2.75) is 26.5 Å². The molecule has 1 atom stereocenters. The normalized spacial score (nSPS) is 12.7. The predicted octanol–water partition coefficient (Wildman–Crippen LogP) is 3.06. The molecule has 0 aliphatic heterocycles. The van der Waals surface area contributed by atoms with Gasteiger partial charge in [-0.05, 0) is 12.0 Å². The van der Waals surface area contributed by atoms with Crippen LogP contribution in [-0.2, 0) is 6.54 Å². The molecule has 23 heavy (non-hydrogen) atoms. The number of benzene rings is 1. The smallest absolute Gasteiger partial charge is 0.258 e. The Kier molecular flexibility index (Phi) is 4.45. The highest BCUT2D eigenvalue weighted by Crippen LogP contribution is 2.28. The Labute approximate surface area is 138 Å². The summed E-state index contributed by atoms with van der Waals surface area (Å²) in [5.74, 6) is 0.128. The van der Waals surface area contributed by atoms with E-state index in [0.29, 0.717) is 17.2 Å². The van der Waals surface area contributed by atoms with Crippen molar-refractivity contribution in [3.63, 3.8) is 0 Å². The fourth-order valence-corrected chi connectivity index (χ4v) is 3.18. The van der Waals surface area contributed by atoms with Crippen LogP contribution in [0.1, 0.15) is 31.2 Å². The number of nitrogens with zero attached hydrogens (tertiary/aromatic N) is 2. The Morgan fingerprint density at radius 3 is 2.91 bits per heavy atom. The van der Waals surface area contributed by atoms with Crippen molar-refractivity contribution >= 4 is 22.0 Å². The van der Waals surface area contributed by atoms with E-state index in [0.717, 1.165) is 11.3 Å². The summed E-state index contributed by atoms with van der Waals surface area (Å²) in [6, 6.07) is 9.21. The molecule has 0 bridgehead atoms. The van der Waals surface area contributed by atoms with E-state index in [2.05, 4.69) is 10.3 Å². The summed E-state index contributed by atoms with van der Waals surface area (Å²) >= 11 is 1.43. The lowest BCUT2D eigenvalue weighted by Crippen LogP contribution is -2.15. The van der Waals surface area contributed by atoms with Crippen LogP contribution >= 0.6 is 11.3 Å². The lowest BCUT2D eigenvalue weighted by atomic mass is 9.97. The molecule has 6 heteroatoms. The summed E-state index contributed by atoms with van der Waals surface area (Å²) in [5, 5.41) is 15.5. The SMILES string of the molecule is CC(C)[C@H](O)c1ccccc1NCc1cc(=O)n2ccsc2n1. The number of aliphatic hydroxyl groups is 1. The van der Waals surface area contributed by atoms with E-state index < -0.39 is 6.10 Å². The number of hydrogen-bond donors (Lipinski definition) is 2. The molecular weight excluding hydrogens is 310 g/mol. The molecule has 2 N–H and O–H groups in total. The summed E-state index contributed by atoms with van der Waals surface area (Å²) in [6.45, 7) is 4.40. The van der Waals surface area contributed by atoms with Crippen molar-refractivity contribution in [2.24, 2.45) is 5.92 Å². The van der Waals surface area contributed by atoms with Gasteiger partial charge in [-0.1, -0.05) is 32.0 Å². The summed E-state index contributed by atoms with van der Waals surface area (Å²) in [7, 11) is 0. The summed E-state index contributed by atoms with van der Waals surface area (Å²) in [5.41, 5.74) is 2.33. The molecule has 0 aliphatic rings. The minimum atomic E-state index is -0.530. The van der Waals surface area contributed by atoms with E-state index in [1.165, 1.54) is 21.8 Å². The molecule has 0 spiro atoms. The maximum Gasteiger partial charge on any atom is 0.258 e. The van der Waals surface area contributed by atoms with Crippen LogP contribution in [0, 0.1) is 5.92 Å². The van der Waals surface area contributed by atoms with E-state index >= 15 is 0 Å². The van der Waals surface area contributed by atoms with E-state index in [-0.39, 0.29) is 11.5 Å². The first-order chi connectivity index (χ1) is 11.1. The van der Waals surface area contributed by atoms with E-state index in [4.69, 9.17) is 0 Å². The zero-order valence-corrected chi connectivity index (χ0v) is 13.9. The second kappa shape index (κ2) is 6.52. The van der Waals surface area contributed by atoms with Gasteiger partial charge in [-0.15, -0.1) is 11.3 Å². The molecule has 120 valence electrons. The van der Waals surface area contributed by atoms with Gasteiger partial charge in [0.2, 0.25) is 0 Å². The molecular formula is C17H19N3O2S. The third kappa shape index (κ3) is 3.28. The fourth-order valence-electron chi connectivity index (χ4n) is 2.44. The van der Waals surface area contributed by atoms with Crippen molar-refractivity contribution in [3.8, 4) is 0 Å². The monoisotopic (exact) mass is 329 g/mol. The lowest BCUT2D eigenvalue weighted by Gasteiger charge is -2.19. The number of hydrogen-bond acceptors (Lipinski definition) is 5. The van der Waals surface area contributed by atoms with Gasteiger partial charge in [-0.25, -0.2) is 4.98 Å². The highest BCUT2D eigenvalue weighted by molar-refractivity contribution is 7.15. The van der Waals surface area contributed by atoms with Gasteiger partial charge < -0.3 is 10.4 Å². The van der Waals surface area contributed by atoms with Crippen molar-refractivity contribution in [2.75, 3.05) is 5.32 Å². The fraction of sp³-hybridized carbons (Fsp3) is 0.294. The topological polar surface area (TPSA) is 66.6 Å². The first-order valence-corrected chi connectivity index (χ1v) is 8.41. The zero-order valence-electron chi connectivity index (χ0n) is 13.1. The van der Waals surface area contributed by atoms with E-state index in [1.807, 2.05) is 43.5 Å². The quantitative estimate of drug-likeness (QED) is 0.755. The van der Waals surface area contributed by atoms with Gasteiger partial charge in [0.15, 0.2) is 4.96 Å². The number of fused-ring (bicyclic) bond motifs is 1. The van der Waals surface area contributed by atoms with Crippen LogP contribution in [0.4, 0.5) is 5.69 Å². The second-order valence-electron chi connectivity index (χ2n) is 5.77. The Hall–Kier alpha value is -2.18. The number of rotatable bonds is 5. The number of aliphatic hydroxyl groups excluding tert-OH is 1. The van der Waals surface area contributed by atoms with E-state index in [9.17, 15) is 9.90 Å². The van der Waals surface area contributed by atoms with Crippen LogP contribution in [0.3, 0.4) is 0 Å². The van der Waals surface area contributed by atoms with Gasteiger partial charge in [-0.3, -0.25) is 9.20 Å².